The van der Waals surface area contributed by atoms with Crippen molar-refractivity contribution >= 4 is 34.4 Å². The van der Waals surface area contributed by atoms with Gasteiger partial charge >= 0.3 is 5.97 Å². The zero-order valence-corrected chi connectivity index (χ0v) is 11.7. The van der Waals surface area contributed by atoms with Crippen molar-refractivity contribution in [1.29, 1.82) is 0 Å². The summed E-state index contributed by atoms with van der Waals surface area (Å²) in [6.07, 6.45) is 3.10. The molecule has 7 heteroatoms. The van der Waals surface area contributed by atoms with E-state index in [9.17, 15) is 14.4 Å². The van der Waals surface area contributed by atoms with Gasteiger partial charge in [-0.3, -0.25) is 14.6 Å². The molecule has 2 rings (SSSR count). The van der Waals surface area contributed by atoms with Gasteiger partial charge in [-0.1, -0.05) is 11.8 Å². The van der Waals surface area contributed by atoms with Crippen molar-refractivity contribution in [2.24, 2.45) is 5.92 Å². The summed E-state index contributed by atoms with van der Waals surface area (Å²) < 4.78 is 0. The molecule has 0 aliphatic carbocycles. The summed E-state index contributed by atoms with van der Waals surface area (Å²) in [6.45, 7) is 1.99. The second-order valence-corrected chi connectivity index (χ2v) is 5.81. The second kappa shape index (κ2) is 6.04. The molecule has 20 heavy (non-hydrogen) atoms. The topological polar surface area (TPSA) is 87.6 Å². The van der Waals surface area contributed by atoms with Gasteiger partial charge in [0.15, 0.2) is 5.12 Å². The number of anilines is 1. The Hall–Kier alpha value is -1.89. The number of thioether (sulfide) groups is 1. The molecule has 1 atom stereocenters. The van der Waals surface area contributed by atoms with Crippen LogP contribution in [0.4, 0.5) is 5.69 Å². The van der Waals surface area contributed by atoms with E-state index in [-0.39, 0.29) is 22.5 Å². The van der Waals surface area contributed by atoms with Crippen LogP contribution in [0.3, 0.4) is 0 Å². The number of aromatic nitrogens is 1. The molecule has 1 aromatic rings. The van der Waals surface area contributed by atoms with Crippen LogP contribution in [0.15, 0.2) is 18.5 Å². The number of carbonyl (C=O) groups is 3. The van der Waals surface area contributed by atoms with Crippen molar-refractivity contribution in [1.82, 2.24) is 4.98 Å². The zero-order chi connectivity index (χ0) is 14.7. The lowest BCUT2D eigenvalue weighted by Crippen LogP contribution is -2.25. The fourth-order valence-corrected chi connectivity index (χ4v) is 2.76. The average Bonchev–Trinajstić information content (AvgIpc) is 2.78. The predicted octanol–water partition coefficient (Wildman–Crippen LogP) is 1.41. The smallest absolute Gasteiger partial charge is 0.337 e. The summed E-state index contributed by atoms with van der Waals surface area (Å²) >= 11 is 1.21. The molecule has 1 aliphatic rings. The van der Waals surface area contributed by atoms with Crippen LogP contribution in [0.1, 0.15) is 23.7 Å². The van der Waals surface area contributed by atoms with Gasteiger partial charge in [0.05, 0.1) is 17.4 Å². The molecule has 2 heterocycles. The maximum absolute atomic E-state index is 12.0. The van der Waals surface area contributed by atoms with E-state index in [0.29, 0.717) is 24.4 Å². The van der Waals surface area contributed by atoms with Crippen LogP contribution in [0.25, 0.3) is 0 Å². The number of hydrogen-bond donors (Lipinski definition) is 1. The molecule has 1 aliphatic heterocycles. The van der Waals surface area contributed by atoms with Crippen molar-refractivity contribution in [2.75, 3.05) is 17.2 Å². The number of hydrogen-bond acceptors (Lipinski definition) is 5. The van der Waals surface area contributed by atoms with Crippen LogP contribution in [-0.4, -0.2) is 39.4 Å². The number of carboxylic acids is 1. The van der Waals surface area contributed by atoms with Crippen molar-refractivity contribution in [3.05, 3.63) is 24.0 Å². The highest BCUT2D eigenvalue weighted by atomic mass is 32.2. The minimum absolute atomic E-state index is 0.0328. The Morgan fingerprint density at radius 2 is 2.25 bits per heavy atom. The number of carbonyl (C=O) groups excluding carboxylic acids is 2. The molecule has 1 N–H and O–H groups in total. The van der Waals surface area contributed by atoms with Gasteiger partial charge in [0.1, 0.15) is 0 Å². The largest absolute Gasteiger partial charge is 0.478 e. The molecule has 1 saturated heterocycles. The van der Waals surface area contributed by atoms with Gasteiger partial charge in [0, 0.05) is 31.8 Å². The Morgan fingerprint density at radius 1 is 1.50 bits per heavy atom. The van der Waals surface area contributed by atoms with E-state index in [1.54, 1.807) is 0 Å². The second-order valence-electron chi connectivity index (χ2n) is 4.61. The average molecular weight is 294 g/mol. The first-order valence-corrected chi connectivity index (χ1v) is 7.08. The molecule has 106 valence electrons. The van der Waals surface area contributed by atoms with E-state index in [2.05, 4.69) is 4.98 Å². The van der Waals surface area contributed by atoms with Crippen LogP contribution < -0.4 is 4.90 Å². The molecule has 1 aromatic heterocycles. The third-order valence-electron chi connectivity index (χ3n) is 3.01. The monoisotopic (exact) mass is 294 g/mol. The Morgan fingerprint density at radius 3 is 2.90 bits per heavy atom. The Kier molecular flexibility index (Phi) is 4.39. The number of nitrogens with zero attached hydrogens (tertiary/aromatic N) is 2. The number of amides is 1. The molecular weight excluding hydrogens is 280 g/mol. The molecule has 0 bridgehead atoms. The molecule has 1 amide bonds. The minimum atomic E-state index is -1.07. The molecule has 1 fully saturated rings. The van der Waals surface area contributed by atoms with Crippen LogP contribution in [0.5, 0.6) is 0 Å². The molecule has 0 saturated carbocycles. The summed E-state index contributed by atoms with van der Waals surface area (Å²) in [5.41, 5.74) is 0.544. The van der Waals surface area contributed by atoms with Gasteiger partial charge in [-0.05, 0) is 12.0 Å². The van der Waals surface area contributed by atoms with Gasteiger partial charge in [0.25, 0.3) is 0 Å². The van der Waals surface area contributed by atoms with E-state index in [1.165, 1.54) is 42.0 Å². The SMILES string of the molecule is CC(=O)SCC1CC(=O)N(c2cncc(C(=O)O)c2)C1. The van der Waals surface area contributed by atoms with E-state index >= 15 is 0 Å². The summed E-state index contributed by atoms with van der Waals surface area (Å²) in [4.78, 5) is 39.2. The number of aromatic carboxylic acids is 1. The number of carboxylic acid groups (broad SMARTS) is 1. The standard InChI is InChI=1S/C13H14N2O4S/c1-8(16)20-7-9-2-12(17)15(6-9)11-3-10(13(18)19)4-14-5-11/h3-5,9H,2,6-7H2,1H3,(H,18,19). The Bertz CT molecular complexity index is 561. The van der Waals surface area contributed by atoms with Crippen molar-refractivity contribution in [2.45, 2.75) is 13.3 Å². The van der Waals surface area contributed by atoms with Crippen LogP contribution >= 0.6 is 11.8 Å². The third kappa shape index (κ3) is 3.36. The van der Waals surface area contributed by atoms with Crippen molar-refractivity contribution in [3.8, 4) is 0 Å². The Balaban J connectivity index is 2.09. The molecule has 6 nitrogen and oxygen atoms in total. The summed E-state index contributed by atoms with van der Waals surface area (Å²) in [7, 11) is 0. The first kappa shape index (κ1) is 14.5. The molecular formula is C13H14N2O4S. The van der Waals surface area contributed by atoms with Gasteiger partial charge in [-0.2, -0.15) is 0 Å². The van der Waals surface area contributed by atoms with Gasteiger partial charge in [0.2, 0.25) is 5.91 Å². The summed E-state index contributed by atoms with van der Waals surface area (Å²) in [6, 6.07) is 1.44. The maximum atomic E-state index is 12.0. The molecule has 1 unspecified atom stereocenters. The third-order valence-corrected chi connectivity index (χ3v) is 4.05. The van der Waals surface area contributed by atoms with Crippen molar-refractivity contribution < 1.29 is 19.5 Å². The first-order valence-electron chi connectivity index (χ1n) is 6.09. The predicted molar refractivity (Wildman–Crippen MR) is 74.8 cm³/mol. The van der Waals surface area contributed by atoms with Gasteiger partial charge < -0.3 is 10.0 Å². The normalized spacial score (nSPS) is 18.4. The van der Waals surface area contributed by atoms with Gasteiger partial charge in [-0.25, -0.2) is 4.79 Å². The first-order chi connectivity index (χ1) is 9.47. The highest BCUT2D eigenvalue weighted by Gasteiger charge is 2.31. The Labute approximate surface area is 120 Å². The lowest BCUT2D eigenvalue weighted by molar-refractivity contribution is -0.117. The summed E-state index contributed by atoms with van der Waals surface area (Å²) in [5.74, 6) is -0.438. The molecule has 0 radical (unpaired) electrons. The fourth-order valence-electron chi connectivity index (χ4n) is 2.07. The van der Waals surface area contributed by atoms with Crippen molar-refractivity contribution in [3.63, 3.8) is 0 Å². The van der Waals surface area contributed by atoms with E-state index in [1.807, 2.05) is 0 Å². The van der Waals surface area contributed by atoms with Crippen LogP contribution in [0.2, 0.25) is 0 Å². The molecule has 0 spiro atoms. The van der Waals surface area contributed by atoms with E-state index in [4.69, 9.17) is 5.11 Å². The van der Waals surface area contributed by atoms with E-state index < -0.39 is 5.97 Å². The van der Waals surface area contributed by atoms with Crippen LogP contribution in [0, 0.1) is 5.92 Å². The van der Waals surface area contributed by atoms with E-state index in [0.717, 1.165) is 0 Å². The van der Waals surface area contributed by atoms with Gasteiger partial charge in [-0.15, -0.1) is 0 Å². The quantitative estimate of drug-likeness (QED) is 0.903. The fraction of sp³-hybridized carbons (Fsp3) is 0.385. The highest BCUT2D eigenvalue weighted by molar-refractivity contribution is 8.13. The number of pyridine rings is 1. The lowest BCUT2D eigenvalue weighted by Gasteiger charge is -2.16. The summed E-state index contributed by atoms with van der Waals surface area (Å²) in [5, 5.41) is 8.96. The number of rotatable bonds is 4. The highest BCUT2D eigenvalue weighted by Crippen LogP contribution is 2.27. The molecule has 0 aromatic carbocycles. The zero-order valence-electron chi connectivity index (χ0n) is 10.9. The maximum Gasteiger partial charge on any atom is 0.337 e. The lowest BCUT2D eigenvalue weighted by atomic mass is 10.1. The van der Waals surface area contributed by atoms with Crippen LogP contribution in [-0.2, 0) is 9.59 Å². The minimum Gasteiger partial charge on any atom is -0.478 e.